The van der Waals surface area contributed by atoms with Crippen molar-refractivity contribution in [1.82, 2.24) is 4.98 Å². The summed E-state index contributed by atoms with van der Waals surface area (Å²) in [5.41, 5.74) is 0.823. The zero-order chi connectivity index (χ0) is 13.5. The molecule has 0 unspecified atom stereocenters. The first-order valence-corrected chi connectivity index (χ1v) is 5.72. The largest absolute Gasteiger partial charge is 0.476 e. The van der Waals surface area contributed by atoms with Crippen LogP contribution in [0, 0.1) is 0 Å². The van der Waals surface area contributed by atoms with Gasteiger partial charge in [0.1, 0.15) is 0 Å². The first-order valence-electron chi connectivity index (χ1n) is 5.72. The Balaban J connectivity index is 3.04. The van der Waals surface area contributed by atoms with Gasteiger partial charge in [-0.2, -0.15) is 0 Å². The molecule has 0 aliphatic rings. The molecule has 1 amide bonds. The molecule has 2 N–H and O–H groups in total. The Bertz CT molecular complexity index is 481. The van der Waals surface area contributed by atoms with Crippen LogP contribution in [0.15, 0.2) is 18.3 Å². The zero-order valence-electron chi connectivity index (χ0n) is 10.4. The molecule has 1 rings (SSSR count). The van der Waals surface area contributed by atoms with Gasteiger partial charge in [-0.25, -0.2) is 9.78 Å². The number of allylic oxidation sites excluding steroid dienone is 1. The molecule has 5 heteroatoms. The molecule has 0 aromatic carbocycles. The van der Waals surface area contributed by atoms with E-state index in [2.05, 4.69) is 17.2 Å². The SMILES string of the molecule is CCC/C=C/c1cnc(C(=O)O)c(NC(C)=O)c1. The third-order valence-corrected chi connectivity index (χ3v) is 2.19. The summed E-state index contributed by atoms with van der Waals surface area (Å²) in [5.74, 6) is -1.49. The van der Waals surface area contributed by atoms with Gasteiger partial charge in [-0.1, -0.05) is 25.5 Å². The summed E-state index contributed by atoms with van der Waals surface area (Å²) in [6.07, 6.45) is 7.29. The van der Waals surface area contributed by atoms with E-state index in [0.29, 0.717) is 0 Å². The lowest BCUT2D eigenvalue weighted by Gasteiger charge is -2.06. The van der Waals surface area contributed by atoms with Crippen LogP contribution in [-0.4, -0.2) is 22.0 Å². The maximum atomic E-state index is 11.0. The first kappa shape index (κ1) is 13.9. The zero-order valence-corrected chi connectivity index (χ0v) is 10.4. The van der Waals surface area contributed by atoms with Gasteiger partial charge in [0.25, 0.3) is 0 Å². The Morgan fingerprint density at radius 2 is 2.22 bits per heavy atom. The summed E-state index contributed by atoms with van der Waals surface area (Å²) in [6, 6.07) is 1.60. The number of hydrogen-bond acceptors (Lipinski definition) is 3. The number of hydrogen-bond donors (Lipinski definition) is 2. The molecule has 96 valence electrons. The summed E-state index contributed by atoms with van der Waals surface area (Å²) >= 11 is 0. The number of unbranched alkanes of at least 4 members (excludes halogenated alkanes) is 1. The summed E-state index contributed by atoms with van der Waals surface area (Å²) in [4.78, 5) is 25.8. The third kappa shape index (κ3) is 4.01. The molecule has 0 saturated carbocycles. The normalized spacial score (nSPS) is 10.6. The number of aromatic nitrogens is 1. The average molecular weight is 248 g/mol. The number of rotatable bonds is 5. The van der Waals surface area contributed by atoms with E-state index < -0.39 is 5.97 Å². The van der Waals surface area contributed by atoms with Crippen LogP contribution in [-0.2, 0) is 4.79 Å². The van der Waals surface area contributed by atoms with Gasteiger partial charge in [0.15, 0.2) is 5.69 Å². The minimum atomic E-state index is -1.16. The van der Waals surface area contributed by atoms with Crippen LogP contribution in [0.3, 0.4) is 0 Å². The van der Waals surface area contributed by atoms with Crippen LogP contribution in [0.1, 0.15) is 42.7 Å². The van der Waals surface area contributed by atoms with Crippen molar-refractivity contribution in [3.8, 4) is 0 Å². The van der Waals surface area contributed by atoms with Crippen LogP contribution >= 0.6 is 0 Å². The molecular formula is C13H16N2O3. The van der Waals surface area contributed by atoms with Gasteiger partial charge in [0.2, 0.25) is 5.91 Å². The lowest BCUT2D eigenvalue weighted by Crippen LogP contribution is -2.12. The first-order chi connectivity index (χ1) is 8.54. The van der Waals surface area contributed by atoms with Gasteiger partial charge in [0, 0.05) is 13.1 Å². The molecule has 0 radical (unpaired) electrons. The van der Waals surface area contributed by atoms with E-state index in [1.807, 2.05) is 12.2 Å². The second kappa shape index (κ2) is 6.54. The van der Waals surface area contributed by atoms with Crippen molar-refractivity contribution < 1.29 is 14.7 Å². The highest BCUT2D eigenvalue weighted by atomic mass is 16.4. The van der Waals surface area contributed by atoms with Crippen LogP contribution < -0.4 is 5.32 Å². The van der Waals surface area contributed by atoms with E-state index in [-0.39, 0.29) is 17.3 Å². The van der Waals surface area contributed by atoms with Crippen LogP contribution in [0.2, 0.25) is 0 Å². The Morgan fingerprint density at radius 3 is 2.78 bits per heavy atom. The van der Waals surface area contributed by atoms with Gasteiger partial charge >= 0.3 is 5.97 Å². The van der Waals surface area contributed by atoms with Crippen molar-refractivity contribution in [2.24, 2.45) is 0 Å². The van der Waals surface area contributed by atoms with E-state index in [0.717, 1.165) is 18.4 Å². The summed E-state index contributed by atoms with van der Waals surface area (Å²) in [6.45, 7) is 3.39. The van der Waals surface area contributed by atoms with Gasteiger partial charge in [-0.3, -0.25) is 4.79 Å². The van der Waals surface area contributed by atoms with Gasteiger partial charge in [-0.05, 0) is 18.1 Å². The van der Waals surface area contributed by atoms with E-state index in [9.17, 15) is 9.59 Å². The molecule has 1 aromatic rings. The van der Waals surface area contributed by atoms with Crippen molar-refractivity contribution >= 4 is 23.6 Å². The Hall–Kier alpha value is -2.17. The third-order valence-electron chi connectivity index (χ3n) is 2.19. The van der Waals surface area contributed by atoms with Crippen molar-refractivity contribution in [2.75, 3.05) is 5.32 Å². The number of pyridine rings is 1. The van der Waals surface area contributed by atoms with Crippen molar-refractivity contribution in [2.45, 2.75) is 26.7 Å². The fourth-order valence-electron chi connectivity index (χ4n) is 1.41. The molecule has 0 atom stereocenters. The van der Waals surface area contributed by atoms with Crippen LogP contribution in [0.4, 0.5) is 5.69 Å². The minimum absolute atomic E-state index is 0.155. The Kier molecular flexibility index (Phi) is 5.05. The van der Waals surface area contributed by atoms with E-state index in [1.54, 1.807) is 6.07 Å². The van der Waals surface area contributed by atoms with Gasteiger partial charge in [-0.15, -0.1) is 0 Å². The monoisotopic (exact) mass is 248 g/mol. The topological polar surface area (TPSA) is 79.3 Å². The van der Waals surface area contributed by atoms with E-state index in [4.69, 9.17) is 5.11 Å². The molecule has 0 saturated heterocycles. The predicted octanol–water partition coefficient (Wildman–Crippen LogP) is 2.55. The van der Waals surface area contributed by atoms with Crippen LogP contribution in [0.5, 0.6) is 0 Å². The fraction of sp³-hybridized carbons (Fsp3) is 0.308. The van der Waals surface area contributed by atoms with E-state index in [1.165, 1.54) is 13.1 Å². The highest BCUT2D eigenvalue weighted by Crippen LogP contribution is 2.16. The smallest absolute Gasteiger partial charge is 0.356 e. The molecule has 0 aliphatic heterocycles. The summed E-state index contributed by atoms with van der Waals surface area (Å²) < 4.78 is 0. The van der Waals surface area contributed by atoms with E-state index >= 15 is 0 Å². The second-order valence-electron chi connectivity index (χ2n) is 3.84. The second-order valence-corrected chi connectivity index (χ2v) is 3.84. The summed E-state index contributed by atoms with van der Waals surface area (Å²) in [7, 11) is 0. The van der Waals surface area contributed by atoms with Crippen LogP contribution in [0.25, 0.3) is 6.08 Å². The number of carboxylic acid groups (broad SMARTS) is 1. The fourth-order valence-corrected chi connectivity index (χ4v) is 1.41. The summed E-state index contributed by atoms with van der Waals surface area (Å²) in [5, 5.41) is 11.4. The number of nitrogens with zero attached hydrogens (tertiary/aromatic N) is 1. The minimum Gasteiger partial charge on any atom is -0.476 e. The maximum absolute atomic E-state index is 11.0. The molecule has 0 bridgehead atoms. The average Bonchev–Trinajstić information content (AvgIpc) is 2.28. The maximum Gasteiger partial charge on any atom is 0.356 e. The molecular weight excluding hydrogens is 232 g/mol. The molecule has 0 aliphatic carbocycles. The van der Waals surface area contributed by atoms with Crippen molar-refractivity contribution in [1.29, 1.82) is 0 Å². The predicted molar refractivity (Wildman–Crippen MR) is 69.4 cm³/mol. The Morgan fingerprint density at radius 1 is 1.50 bits per heavy atom. The number of carboxylic acids is 1. The number of carbonyl (C=O) groups excluding carboxylic acids is 1. The lowest BCUT2D eigenvalue weighted by atomic mass is 10.2. The number of amides is 1. The number of anilines is 1. The number of aromatic carboxylic acids is 1. The van der Waals surface area contributed by atoms with Crippen molar-refractivity contribution in [3.63, 3.8) is 0 Å². The number of nitrogens with one attached hydrogen (secondary N) is 1. The molecule has 0 fully saturated rings. The molecule has 1 aromatic heterocycles. The van der Waals surface area contributed by atoms with Crippen molar-refractivity contribution in [3.05, 3.63) is 29.6 Å². The molecule has 5 nitrogen and oxygen atoms in total. The Labute approximate surface area is 106 Å². The van der Waals surface area contributed by atoms with Gasteiger partial charge in [0.05, 0.1) is 5.69 Å². The lowest BCUT2D eigenvalue weighted by molar-refractivity contribution is -0.114. The quantitative estimate of drug-likeness (QED) is 0.839. The van der Waals surface area contributed by atoms with Gasteiger partial charge < -0.3 is 10.4 Å². The molecule has 0 spiro atoms. The number of carbonyl (C=O) groups is 2. The highest BCUT2D eigenvalue weighted by molar-refractivity contribution is 5.98. The standard InChI is InChI=1S/C13H16N2O3/c1-3-4-5-6-10-7-11(15-9(2)16)12(13(17)18)14-8-10/h5-8H,3-4H2,1-2H3,(H,15,16)(H,17,18)/b6-5+. The highest BCUT2D eigenvalue weighted by Gasteiger charge is 2.12. The molecule has 1 heterocycles. The molecule has 18 heavy (non-hydrogen) atoms.